The molecule has 0 rings (SSSR count). The normalized spacial score (nSPS) is 10.2. The topological polar surface area (TPSA) is 55.6 Å². The highest BCUT2D eigenvalue weighted by Crippen LogP contribution is 1.98. The van der Waals surface area contributed by atoms with Crippen molar-refractivity contribution in [2.45, 2.75) is 26.2 Å². The van der Waals surface area contributed by atoms with Crippen molar-refractivity contribution in [3.05, 3.63) is 0 Å². The van der Waals surface area contributed by atoms with Gasteiger partial charge in [0, 0.05) is 33.2 Å². The van der Waals surface area contributed by atoms with Gasteiger partial charge in [0.25, 0.3) is 0 Å². The van der Waals surface area contributed by atoms with E-state index in [0.717, 1.165) is 19.4 Å². The molecule has 0 aliphatic heterocycles. The fourth-order valence-electron chi connectivity index (χ4n) is 1.19. The smallest absolute Gasteiger partial charge is 0.223 e. The van der Waals surface area contributed by atoms with E-state index in [1.54, 1.807) is 7.11 Å². The molecule has 84 valence electrons. The van der Waals surface area contributed by atoms with Gasteiger partial charge < -0.3 is 15.4 Å². The Kier molecular flexibility index (Phi) is 8.57. The number of rotatable bonds is 8. The van der Waals surface area contributed by atoms with Crippen molar-refractivity contribution < 1.29 is 9.53 Å². The Morgan fingerprint density at radius 1 is 1.43 bits per heavy atom. The van der Waals surface area contributed by atoms with Crippen LogP contribution in [0.25, 0.3) is 0 Å². The quantitative estimate of drug-likeness (QED) is 0.627. The summed E-state index contributed by atoms with van der Waals surface area (Å²) < 4.78 is 4.96. The van der Waals surface area contributed by atoms with E-state index in [4.69, 9.17) is 10.5 Å². The minimum Gasteiger partial charge on any atom is -0.383 e. The first-order valence-corrected chi connectivity index (χ1v) is 5.23. The van der Waals surface area contributed by atoms with Gasteiger partial charge in [-0.15, -0.1) is 0 Å². The lowest BCUT2D eigenvalue weighted by molar-refractivity contribution is -0.131. The lowest BCUT2D eigenvalue weighted by atomic mass is 10.3. The molecule has 0 fully saturated rings. The van der Waals surface area contributed by atoms with Crippen LogP contribution in [0.5, 0.6) is 0 Å². The third-order valence-electron chi connectivity index (χ3n) is 2.06. The van der Waals surface area contributed by atoms with Gasteiger partial charge in [0.05, 0.1) is 6.61 Å². The summed E-state index contributed by atoms with van der Waals surface area (Å²) in [6, 6.07) is 0. The number of amides is 1. The minimum absolute atomic E-state index is 0.137. The molecule has 0 unspecified atom stereocenters. The maximum absolute atomic E-state index is 11.5. The molecule has 2 N–H and O–H groups in total. The third-order valence-corrected chi connectivity index (χ3v) is 2.06. The van der Waals surface area contributed by atoms with Crippen LogP contribution in [0.15, 0.2) is 0 Å². The molecule has 0 spiro atoms. The molecule has 0 aromatic carbocycles. The molecule has 14 heavy (non-hydrogen) atoms. The fourth-order valence-corrected chi connectivity index (χ4v) is 1.19. The van der Waals surface area contributed by atoms with Crippen LogP contribution in [0.4, 0.5) is 0 Å². The summed E-state index contributed by atoms with van der Waals surface area (Å²) in [5, 5.41) is 0. The van der Waals surface area contributed by atoms with Crippen molar-refractivity contribution in [3.63, 3.8) is 0 Å². The highest BCUT2D eigenvalue weighted by Gasteiger charge is 2.10. The zero-order valence-corrected chi connectivity index (χ0v) is 9.29. The maximum Gasteiger partial charge on any atom is 0.223 e. The molecule has 1 amide bonds. The Balaban J connectivity index is 3.88. The van der Waals surface area contributed by atoms with Gasteiger partial charge in [-0.25, -0.2) is 0 Å². The number of hydrogen-bond acceptors (Lipinski definition) is 3. The summed E-state index contributed by atoms with van der Waals surface area (Å²) in [6.07, 6.45) is 2.58. The van der Waals surface area contributed by atoms with Gasteiger partial charge in [0.15, 0.2) is 0 Å². The SMILES string of the molecule is CCCCN(CCOC)C(=O)CCN. The van der Waals surface area contributed by atoms with Gasteiger partial charge >= 0.3 is 0 Å². The molecule has 0 bridgehead atoms. The molecule has 0 heterocycles. The lowest BCUT2D eigenvalue weighted by Crippen LogP contribution is -2.35. The molecule has 0 aromatic heterocycles. The molecule has 0 atom stereocenters. The highest BCUT2D eigenvalue weighted by molar-refractivity contribution is 5.76. The number of carbonyl (C=O) groups excluding carboxylic acids is 1. The van der Waals surface area contributed by atoms with Crippen LogP contribution in [0, 0.1) is 0 Å². The maximum atomic E-state index is 11.5. The summed E-state index contributed by atoms with van der Waals surface area (Å²) in [7, 11) is 1.64. The molecule has 4 heteroatoms. The van der Waals surface area contributed by atoms with Crippen LogP contribution in [-0.4, -0.2) is 44.2 Å². The van der Waals surface area contributed by atoms with E-state index in [-0.39, 0.29) is 5.91 Å². The molecule has 4 nitrogen and oxygen atoms in total. The molecule has 0 aliphatic rings. The van der Waals surface area contributed by atoms with Gasteiger partial charge in [-0.05, 0) is 6.42 Å². The molecule has 0 radical (unpaired) electrons. The second-order valence-corrected chi connectivity index (χ2v) is 3.27. The Morgan fingerprint density at radius 3 is 2.64 bits per heavy atom. The van der Waals surface area contributed by atoms with Gasteiger partial charge in [0.1, 0.15) is 0 Å². The second kappa shape index (κ2) is 8.97. The van der Waals surface area contributed by atoms with E-state index in [1.807, 2.05) is 4.90 Å². The number of carbonyl (C=O) groups is 1. The molecular weight excluding hydrogens is 180 g/mol. The van der Waals surface area contributed by atoms with E-state index in [9.17, 15) is 4.79 Å². The monoisotopic (exact) mass is 202 g/mol. The van der Waals surface area contributed by atoms with Gasteiger partial charge in [-0.3, -0.25) is 4.79 Å². The first kappa shape index (κ1) is 13.4. The average Bonchev–Trinajstić information content (AvgIpc) is 2.18. The highest BCUT2D eigenvalue weighted by atomic mass is 16.5. The largest absolute Gasteiger partial charge is 0.383 e. The Hall–Kier alpha value is -0.610. The summed E-state index contributed by atoms with van der Waals surface area (Å²) in [6.45, 7) is 4.63. The first-order chi connectivity index (χ1) is 6.76. The van der Waals surface area contributed by atoms with Crippen molar-refractivity contribution in [1.29, 1.82) is 0 Å². The van der Waals surface area contributed by atoms with Crippen LogP contribution < -0.4 is 5.73 Å². The summed E-state index contributed by atoms with van der Waals surface area (Å²) in [5.74, 6) is 0.137. The zero-order valence-electron chi connectivity index (χ0n) is 9.29. The standard InChI is InChI=1S/C10H22N2O2/c1-3-4-7-12(8-9-14-2)10(13)5-6-11/h3-9,11H2,1-2H3. The summed E-state index contributed by atoms with van der Waals surface area (Å²) >= 11 is 0. The Morgan fingerprint density at radius 2 is 2.14 bits per heavy atom. The van der Waals surface area contributed by atoms with Crippen molar-refractivity contribution in [2.24, 2.45) is 5.73 Å². The number of methoxy groups -OCH3 is 1. The summed E-state index contributed by atoms with van der Waals surface area (Å²) in [4.78, 5) is 13.4. The minimum atomic E-state index is 0.137. The zero-order chi connectivity index (χ0) is 10.8. The van der Waals surface area contributed by atoms with Crippen LogP contribution >= 0.6 is 0 Å². The molecule has 0 saturated carbocycles. The van der Waals surface area contributed by atoms with Crippen LogP contribution in [0.2, 0.25) is 0 Å². The second-order valence-electron chi connectivity index (χ2n) is 3.27. The van der Waals surface area contributed by atoms with Gasteiger partial charge in [0.2, 0.25) is 5.91 Å². The van der Waals surface area contributed by atoms with E-state index in [0.29, 0.717) is 26.1 Å². The Labute approximate surface area is 86.4 Å². The molecule has 0 aromatic rings. The number of nitrogens with zero attached hydrogens (tertiary/aromatic N) is 1. The predicted molar refractivity (Wildman–Crippen MR) is 57.0 cm³/mol. The number of hydrogen-bond donors (Lipinski definition) is 1. The number of ether oxygens (including phenoxy) is 1. The van der Waals surface area contributed by atoms with Crippen molar-refractivity contribution >= 4 is 5.91 Å². The average molecular weight is 202 g/mol. The number of unbranched alkanes of at least 4 members (excludes halogenated alkanes) is 1. The lowest BCUT2D eigenvalue weighted by Gasteiger charge is -2.21. The summed E-state index contributed by atoms with van der Waals surface area (Å²) in [5.41, 5.74) is 5.35. The van der Waals surface area contributed by atoms with Crippen molar-refractivity contribution in [3.8, 4) is 0 Å². The van der Waals surface area contributed by atoms with E-state index in [2.05, 4.69) is 6.92 Å². The van der Waals surface area contributed by atoms with Crippen molar-refractivity contribution in [2.75, 3.05) is 33.4 Å². The van der Waals surface area contributed by atoms with Crippen molar-refractivity contribution in [1.82, 2.24) is 4.90 Å². The van der Waals surface area contributed by atoms with Crippen LogP contribution in [0.3, 0.4) is 0 Å². The molecule has 0 aliphatic carbocycles. The van der Waals surface area contributed by atoms with E-state index < -0.39 is 0 Å². The van der Waals surface area contributed by atoms with Crippen LogP contribution in [0.1, 0.15) is 26.2 Å². The predicted octanol–water partition coefficient (Wildman–Crippen LogP) is 0.610. The Bertz CT molecular complexity index is 143. The first-order valence-electron chi connectivity index (χ1n) is 5.23. The number of nitrogens with two attached hydrogens (primary N) is 1. The van der Waals surface area contributed by atoms with E-state index >= 15 is 0 Å². The third kappa shape index (κ3) is 5.94. The van der Waals surface area contributed by atoms with Gasteiger partial charge in [-0.1, -0.05) is 13.3 Å². The fraction of sp³-hybridized carbons (Fsp3) is 0.900. The molecular formula is C10H22N2O2. The van der Waals surface area contributed by atoms with E-state index in [1.165, 1.54) is 0 Å². The van der Waals surface area contributed by atoms with Crippen LogP contribution in [-0.2, 0) is 9.53 Å². The molecule has 0 saturated heterocycles. The van der Waals surface area contributed by atoms with Gasteiger partial charge in [-0.2, -0.15) is 0 Å².